The third-order valence-electron chi connectivity index (χ3n) is 4.69. The number of rotatable bonds is 5. The Bertz CT molecular complexity index is 968. The normalized spacial score (nSPS) is 15.7. The molecule has 0 fully saturated rings. The third kappa shape index (κ3) is 3.87. The summed E-state index contributed by atoms with van der Waals surface area (Å²) in [5.74, 6) is -1.01. The minimum absolute atomic E-state index is 0.0317. The minimum Gasteiger partial charge on any atom is -0.497 e. The number of anilines is 2. The van der Waals surface area contributed by atoms with E-state index in [1.807, 2.05) is 0 Å². The maximum absolute atomic E-state index is 13.0. The molecule has 2 N–H and O–H groups in total. The summed E-state index contributed by atoms with van der Waals surface area (Å²) >= 11 is 0. The molecule has 1 aliphatic heterocycles. The molecule has 1 unspecified atom stereocenters. The van der Waals surface area contributed by atoms with Gasteiger partial charge in [-0.2, -0.15) is 0 Å². The maximum atomic E-state index is 13.0. The van der Waals surface area contributed by atoms with Crippen LogP contribution in [0.2, 0.25) is 0 Å². The van der Waals surface area contributed by atoms with E-state index in [2.05, 4.69) is 5.32 Å². The van der Waals surface area contributed by atoms with Crippen LogP contribution in [-0.4, -0.2) is 41.6 Å². The van der Waals surface area contributed by atoms with Crippen molar-refractivity contribution in [1.29, 1.82) is 0 Å². The summed E-state index contributed by atoms with van der Waals surface area (Å²) in [6.07, 6.45) is 0. The molecule has 152 valence electrons. The van der Waals surface area contributed by atoms with Gasteiger partial charge in [-0.3, -0.25) is 14.5 Å². The van der Waals surface area contributed by atoms with Gasteiger partial charge in [-0.1, -0.05) is 0 Å². The fourth-order valence-corrected chi connectivity index (χ4v) is 3.07. The molecule has 0 radical (unpaired) electrons. The lowest BCUT2D eigenvalue weighted by atomic mass is 10.0. The number of nitrogens with zero attached hydrogens (tertiary/aromatic N) is 1. The summed E-state index contributed by atoms with van der Waals surface area (Å²) < 4.78 is 10.8. The lowest BCUT2D eigenvalue weighted by Crippen LogP contribution is -2.57. The Kier molecular flexibility index (Phi) is 5.19. The Morgan fingerprint density at radius 2 is 1.83 bits per heavy atom. The molecular weight excluding hydrogens is 376 g/mol. The van der Waals surface area contributed by atoms with Crippen LogP contribution < -0.4 is 19.7 Å². The number of carboxylic acids is 1. The summed E-state index contributed by atoms with van der Waals surface area (Å²) in [4.78, 5) is 38.4. The number of amides is 2. The van der Waals surface area contributed by atoms with Gasteiger partial charge in [-0.05, 0) is 63.2 Å². The lowest BCUT2D eigenvalue weighted by Gasteiger charge is -2.41. The van der Waals surface area contributed by atoms with Gasteiger partial charge in [0.25, 0.3) is 5.91 Å². The fraction of sp³-hybridized carbons (Fsp3) is 0.286. The van der Waals surface area contributed by atoms with E-state index >= 15 is 0 Å². The van der Waals surface area contributed by atoms with Gasteiger partial charge in [-0.25, -0.2) is 4.79 Å². The van der Waals surface area contributed by atoms with Gasteiger partial charge in [0.05, 0.1) is 18.4 Å². The number of carbonyl (C=O) groups excluding carboxylic acids is 2. The second kappa shape index (κ2) is 7.46. The molecule has 1 atom stereocenters. The number of fused-ring (bicyclic) bond motifs is 1. The van der Waals surface area contributed by atoms with Crippen molar-refractivity contribution in [3.63, 3.8) is 0 Å². The molecule has 0 aliphatic carbocycles. The van der Waals surface area contributed by atoms with Crippen molar-refractivity contribution < 1.29 is 29.0 Å². The quantitative estimate of drug-likeness (QED) is 0.802. The molecule has 2 amide bonds. The highest BCUT2D eigenvalue weighted by molar-refractivity contribution is 6.09. The molecule has 0 aromatic heterocycles. The molecule has 1 aliphatic rings. The van der Waals surface area contributed by atoms with Gasteiger partial charge >= 0.3 is 5.97 Å². The van der Waals surface area contributed by atoms with Crippen LogP contribution >= 0.6 is 0 Å². The topological polar surface area (TPSA) is 105 Å². The zero-order chi connectivity index (χ0) is 21.3. The molecular formula is C21H22N2O6. The smallest absolute Gasteiger partial charge is 0.335 e. The van der Waals surface area contributed by atoms with Crippen LogP contribution in [0.4, 0.5) is 11.4 Å². The Morgan fingerprint density at radius 3 is 2.41 bits per heavy atom. The van der Waals surface area contributed by atoms with Gasteiger partial charge in [-0.15, -0.1) is 0 Å². The van der Waals surface area contributed by atoms with Gasteiger partial charge in [0.2, 0.25) is 5.91 Å². The Balaban J connectivity index is 1.91. The van der Waals surface area contributed by atoms with E-state index in [1.54, 1.807) is 52.1 Å². The van der Waals surface area contributed by atoms with Crippen LogP contribution in [-0.2, 0) is 9.59 Å². The Labute approximate surface area is 168 Å². The van der Waals surface area contributed by atoms with Crippen molar-refractivity contribution in [2.45, 2.75) is 32.4 Å². The zero-order valence-corrected chi connectivity index (χ0v) is 16.6. The van der Waals surface area contributed by atoms with Gasteiger partial charge in [0.15, 0.2) is 5.60 Å². The number of aromatic carboxylic acids is 1. The number of hydrogen-bond acceptors (Lipinski definition) is 5. The van der Waals surface area contributed by atoms with Crippen molar-refractivity contribution in [2.24, 2.45) is 0 Å². The van der Waals surface area contributed by atoms with E-state index in [0.717, 1.165) is 0 Å². The van der Waals surface area contributed by atoms with Crippen molar-refractivity contribution >= 4 is 29.2 Å². The summed E-state index contributed by atoms with van der Waals surface area (Å²) in [7, 11) is 1.55. The predicted octanol–water partition coefficient (Wildman–Crippen LogP) is 2.92. The molecule has 3 rings (SSSR count). The molecule has 2 aromatic carbocycles. The minimum atomic E-state index is -1.25. The first-order valence-electron chi connectivity index (χ1n) is 8.99. The maximum Gasteiger partial charge on any atom is 0.335 e. The number of carbonyl (C=O) groups is 3. The molecule has 8 heteroatoms. The van der Waals surface area contributed by atoms with E-state index in [-0.39, 0.29) is 11.3 Å². The van der Waals surface area contributed by atoms with Crippen molar-refractivity contribution in [3.8, 4) is 11.5 Å². The van der Waals surface area contributed by atoms with Crippen molar-refractivity contribution in [3.05, 3.63) is 48.0 Å². The Hall–Kier alpha value is -3.55. The number of hydrogen-bond donors (Lipinski definition) is 2. The van der Waals surface area contributed by atoms with Crippen molar-refractivity contribution in [2.75, 3.05) is 17.3 Å². The van der Waals surface area contributed by atoms with Gasteiger partial charge in [0.1, 0.15) is 17.5 Å². The molecule has 2 aromatic rings. The number of benzene rings is 2. The molecule has 1 heterocycles. The Morgan fingerprint density at radius 1 is 1.17 bits per heavy atom. The number of ether oxygens (including phenoxy) is 2. The highest BCUT2D eigenvalue weighted by Gasteiger charge is 2.44. The van der Waals surface area contributed by atoms with Crippen LogP contribution in [0.3, 0.4) is 0 Å². The van der Waals surface area contributed by atoms with Crippen LogP contribution in [0.1, 0.15) is 31.1 Å². The van der Waals surface area contributed by atoms with Crippen LogP contribution in [0.25, 0.3) is 0 Å². The SMILES string of the molecule is COc1ccc(NC(=O)C(C)N2C(=O)C(C)(C)Oc3cc(C(=O)O)ccc32)cc1. The largest absolute Gasteiger partial charge is 0.497 e. The molecule has 0 bridgehead atoms. The third-order valence-corrected chi connectivity index (χ3v) is 4.69. The number of nitrogens with one attached hydrogen (secondary N) is 1. The monoisotopic (exact) mass is 398 g/mol. The van der Waals surface area contributed by atoms with E-state index in [9.17, 15) is 19.5 Å². The number of carboxylic acid groups (broad SMARTS) is 1. The fourth-order valence-electron chi connectivity index (χ4n) is 3.07. The second-order valence-electron chi connectivity index (χ2n) is 7.17. The zero-order valence-electron chi connectivity index (χ0n) is 16.6. The lowest BCUT2D eigenvalue weighted by molar-refractivity contribution is -0.134. The highest BCUT2D eigenvalue weighted by Crippen LogP contribution is 2.39. The van der Waals surface area contributed by atoms with Crippen LogP contribution in [0, 0.1) is 0 Å². The molecule has 29 heavy (non-hydrogen) atoms. The first kappa shape index (κ1) is 20.2. The molecule has 8 nitrogen and oxygen atoms in total. The second-order valence-corrected chi connectivity index (χ2v) is 7.17. The average molecular weight is 398 g/mol. The highest BCUT2D eigenvalue weighted by atomic mass is 16.5. The first-order chi connectivity index (χ1) is 13.6. The van der Waals surface area contributed by atoms with Gasteiger partial charge in [0, 0.05) is 5.69 Å². The van der Waals surface area contributed by atoms with E-state index in [1.165, 1.54) is 23.1 Å². The summed E-state index contributed by atoms with van der Waals surface area (Å²) in [6, 6.07) is 10.2. The summed E-state index contributed by atoms with van der Waals surface area (Å²) in [5.41, 5.74) is -0.316. The van der Waals surface area contributed by atoms with E-state index in [4.69, 9.17) is 9.47 Å². The summed E-state index contributed by atoms with van der Waals surface area (Å²) in [5, 5.41) is 12.0. The van der Waals surface area contributed by atoms with Gasteiger partial charge < -0.3 is 19.9 Å². The molecule has 0 spiro atoms. The average Bonchev–Trinajstić information content (AvgIpc) is 2.68. The van der Waals surface area contributed by atoms with E-state index in [0.29, 0.717) is 17.1 Å². The van der Waals surface area contributed by atoms with Crippen LogP contribution in [0.5, 0.6) is 11.5 Å². The van der Waals surface area contributed by atoms with E-state index < -0.39 is 29.4 Å². The number of methoxy groups -OCH3 is 1. The van der Waals surface area contributed by atoms with Crippen molar-refractivity contribution in [1.82, 2.24) is 0 Å². The standard InChI is InChI=1S/C21H22N2O6/c1-12(18(24)22-14-6-8-15(28-4)9-7-14)23-16-10-5-13(19(25)26)11-17(16)29-21(2,3)20(23)27/h5-12H,1-4H3,(H,22,24)(H,25,26). The first-order valence-corrected chi connectivity index (χ1v) is 8.99. The summed E-state index contributed by atoms with van der Waals surface area (Å²) in [6.45, 7) is 4.76. The predicted molar refractivity (Wildman–Crippen MR) is 107 cm³/mol. The molecule has 0 saturated heterocycles. The van der Waals surface area contributed by atoms with Crippen LogP contribution in [0.15, 0.2) is 42.5 Å². The molecule has 0 saturated carbocycles.